The lowest BCUT2D eigenvalue weighted by Gasteiger charge is -2.30. The molecule has 1 aromatic carbocycles. The number of nitrogen functional groups attached to an aromatic ring is 1. The Morgan fingerprint density at radius 3 is 2.63 bits per heavy atom. The molecule has 1 amide bonds. The summed E-state index contributed by atoms with van der Waals surface area (Å²) in [4.78, 5) is 31.0. The van der Waals surface area contributed by atoms with E-state index in [0.717, 1.165) is 70.9 Å². The first-order valence-electron chi connectivity index (χ1n) is 12.7. The number of nitrogens with one attached hydrogen (secondary N) is 1. The van der Waals surface area contributed by atoms with E-state index in [-0.39, 0.29) is 17.0 Å². The molecule has 8 heteroatoms. The van der Waals surface area contributed by atoms with E-state index in [4.69, 9.17) is 17.1 Å². The summed E-state index contributed by atoms with van der Waals surface area (Å²) in [6, 6.07) is 15.4. The maximum absolute atomic E-state index is 13.0. The molecule has 0 aliphatic heterocycles. The van der Waals surface area contributed by atoms with Crippen molar-refractivity contribution in [2.24, 2.45) is 0 Å². The predicted molar refractivity (Wildman–Crippen MR) is 146 cm³/mol. The largest absolute Gasteiger partial charge is 0.383 e. The summed E-state index contributed by atoms with van der Waals surface area (Å²) < 4.78 is 2.20. The number of carbonyl (C=O) groups is 1. The number of hydrogen-bond acceptors (Lipinski definition) is 6. The quantitative estimate of drug-likeness (QED) is 0.354. The van der Waals surface area contributed by atoms with Crippen LogP contribution in [0.5, 0.6) is 0 Å². The molecule has 2 saturated carbocycles. The van der Waals surface area contributed by atoms with Crippen LogP contribution in [-0.4, -0.2) is 35.9 Å². The number of para-hydroxylation sites is 1. The zero-order chi connectivity index (χ0) is 25.9. The average molecular weight is 500 g/mol. The van der Waals surface area contributed by atoms with Crippen LogP contribution in [0.15, 0.2) is 67.3 Å². The summed E-state index contributed by atoms with van der Waals surface area (Å²) in [7, 11) is 0. The minimum absolute atomic E-state index is 0.146. The number of carbonyl (C=O) groups excluding carboxylic acids is 1. The number of nitrogens with zero attached hydrogens (tertiary/aromatic N) is 5. The number of anilines is 1. The number of nitrogens with two attached hydrogens (primary N) is 1. The summed E-state index contributed by atoms with van der Waals surface area (Å²) in [6.45, 7) is 0. The fraction of sp³-hybridized carbons (Fsp3) is 0.233. The molecule has 0 atom stereocenters. The molecule has 4 aromatic heterocycles. The third-order valence-electron chi connectivity index (χ3n) is 8.35. The summed E-state index contributed by atoms with van der Waals surface area (Å²) in [6.07, 6.45) is 15.4. The minimum Gasteiger partial charge on any atom is -0.383 e. The first kappa shape index (κ1) is 22.4. The van der Waals surface area contributed by atoms with E-state index in [1.807, 2.05) is 36.5 Å². The van der Waals surface area contributed by atoms with Crippen molar-refractivity contribution >= 4 is 33.7 Å². The van der Waals surface area contributed by atoms with Crippen molar-refractivity contribution in [1.29, 1.82) is 0 Å². The summed E-state index contributed by atoms with van der Waals surface area (Å²) in [5, 5.41) is 5.07. The molecule has 0 spiro atoms. The van der Waals surface area contributed by atoms with Gasteiger partial charge in [-0.15, -0.1) is 6.42 Å². The van der Waals surface area contributed by atoms with Crippen molar-refractivity contribution in [1.82, 2.24) is 29.8 Å². The fourth-order valence-corrected chi connectivity index (χ4v) is 6.67. The van der Waals surface area contributed by atoms with Gasteiger partial charge in [0.1, 0.15) is 29.2 Å². The van der Waals surface area contributed by atoms with E-state index in [0.29, 0.717) is 11.5 Å². The van der Waals surface area contributed by atoms with Gasteiger partial charge in [-0.05, 0) is 56.4 Å². The number of terminal acetylenes is 1. The Hall–Kier alpha value is -4.77. The van der Waals surface area contributed by atoms with Crippen molar-refractivity contribution < 1.29 is 4.79 Å². The number of rotatable bonds is 4. The van der Waals surface area contributed by atoms with E-state index in [1.165, 1.54) is 6.33 Å². The predicted octanol–water partition coefficient (Wildman–Crippen LogP) is 4.45. The van der Waals surface area contributed by atoms with Gasteiger partial charge in [0.25, 0.3) is 5.91 Å². The van der Waals surface area contributed by atoms with E-state index in [2.05, 4.69) is 36.8 Å². The van der Waals surface area contributed by atoms with Crippen molar-refractivity contribution in [2.75, 3.05) is 5.73 Å². The molecule has 0 saturated heterocycles. The van der Waals surface area contributed by atoms with Gasteiger partial charge in [-0.2, -0.15) is 0 Å². The van der Waals surface area contributed by atoms with Crippen molar-refractivity contribution in [3.8, 4) is 23.5 Å². The fourth-order valence-electron chi connectivity index (χ4n) is 6.67. The van der Waals surface area contributed by atoms with Crippen LogP contribution in [0.3, 0.4) is 0 Å². The maximum atomic E-state index is 13.0. The van der Waals surface area contributed by atoms with Crippen molar-refractivity contribution in [3.63, 3.8) is 0 Å². The molecule has 7 rings (SSSR count). The maximum Gasteiger partial charge on any atom is 0.270 e. The normalized spacial score (nSPS) is 22.1. The Bertz CT molecular complexity index is 1780. The van der Waals surface area contributed by atoms with Crippen LogP contribution in [0, 0.1) is 12.3 Å². The van der Waals surface area contributed by atoms with Gasteiger partial charge in [0.15, 0.2) is 0 Å². The Balaban J connectivity index is 1.37. The second-order valence-corrected chi connectivity index (χ2v) is 10.4. The highest BCUT2D eigenvalue weighted by atomic mass is 16.2. The summed E-state index contributed by atoms with van der Waals surface area (Å²) >= 11 is 0. The smallest absolute Gasteiger partial charge is 0.270 e. The lowest BCUT2D eigenvalue weighted by molar-refractivity contribution is 0.0896. The SMILES string of the molecule is C#Cc1c(-c2cnc3ccccc3c2)c2c(N)ncnc2n1C12CCC(NC(=O)c3ccccn3)(CC1)C2. The second kappa shape index (κ2) is 8.12. The molecule has 3 N–H and O–H groups in total. The van der Waals surface area contributed by atoms with Crippen LogP contribution >= 0.6 is 0 Å². The molecule has 5 aromatic rings. The molecule has 4 heterocycles. The molecule has 0 radical (unpaired) electrons. The van der Waals surface area contributed by atoms with Crippen LogP contribution < -0.4 is 11.1 Å². The third kappa shape index (κ3) is 3.21. The van der Waals surface area contributed by atoms with Gasteiger partial charge in [-0.25, -0.2) is 9.97 Å². The van der Waals surface area contributed by atoms with Crippen LogP contribution in [0.25, 0.3) is 33.1 Å². The van der Waals surface area contributed by atoms with Gasteiger partial charge in [0, 0.05) is 40.0 Å². The highest BCUT2D eigenvalue weighted by Crippen LogP contribution is 2.57. The van der Waals surface area contributed by atoms with Crippen LogP contribution in [-0.2, 0) is 5.54 Å². The van der Waals surface area contributed by atoms with Gasteiger partial charge in [0.05, 0.1) is 10.9 Å². The molecule has 2 aliphatic rings. The molecule has 186 valence electrons. The molecule has 2 aliphatic carbocycles. The highest BCUT2D eigenvalue weighted by Gasteiger charge is 2.57. The van der Waals surface area contributed by atoms with Crippen LogP contribution in [0.2, 0.25) is 0 Å². The molecular formula is C30H25N7O. The average Bonchev–Trinajstić information content (AvgIpc) is 3.62. The van der Waals surface area contributed by atoms with Crippen molar-refractivity contribution in [2.45, 2.75) is 43.2 Å². The van der Waals surface area contributed by atoms with Gasteiger partial charge in [-0.3, -0.25) is 14.8 Å². The lowest BCUT2D eigenvalue weighted by Crippen LogP contribution is -2.45. The van der Waals surface area contributed by atoms with Crippen molar-refractivity contribution in [3.05, 3.63) is 78.6 Å². The lowest BCUT2D eigenvalue weighted by atomic mass is 9.90. The number of aromatic nitrogens is 5. The standard InChI is InChI=1S/C30H25N7O/c1-2-23-24(20-15-19-7-3-4-8-21(19)33-16-20)25-26(31)34-18-35-27(25)37(23)30-12-10-29(17-30,11-13-30)36-28(38)22-9-5-6-14-32-22/h1,3-9,14-16,18H,10-13,17H2,(H,36,38)(H2,31,34,35). The number of pyridine rings is 2. The minimum atomic E-state index is -0.319. The Kier molecular flexibility index (Phi) is 4.79. The Labute approximate surface area is 219 Å². The molecule has 38 heavy (non-hydrogen) atoms. The first-order valence-corrected chi connectivity index (χ1v) is 12.7. The molecule has 8 nitrogen and oxygen atoms in total. The van der Waals surface area contributed by atoms with Gasteiger partial charge >= 0.3 is 0 Å². The van der Waals surface area contributed by atoms with Crippen LogP contribution in [0.1, 0.15) is 48.3 Å². The number of fused-ring (bicyclic) bond motifs is 4. The molecular weight excluding hydrogens is 474 g/mol. The topological polar surface area (TPSA) is 112 Å². The zero-order valence-corrected chi connectivity index (χ0v) is 20.7. The van der Waals surface area contributed by atoms with Gasteiger partial charge in [0.2, 0.25) is 0 Å². The summed E-state index contributed by atoms with van der Waals surface area (Å²) in [5.74, 6) is 3.21. The highest BCUT2D eigenvalue weighted by molar-refractivity contribution is 6.04. The monoisotopic (exact) mass is 499 g/mol. The van der Waals surface area contributed by atoms with E-state index in [1.54, 1.807) is 18.3 Å². The summed E-state index contributed by atoms with van der Waals surface area (Å²) in [5.41, 5.74) is 10.4. The number of benzene rings is 1. The Morgan fingerprint density at radius 1 is 1.03 bits per heavy atom. The molecule has 0 unspecified atom stereocenters. The van der Waals surface area contributed by atoms with Gasteiger partial charge < -0.3 is 15.6 Å². The molecule has 2 bridgehead atoms. The third-order valence-corrected chi connectivity index (χ3v) is 8.35. The van der Waals surface area contributed by atoms with Crippen LogP contribution in [0.4, 0.5) is 5.82 Å². The van der Waals surface area contributed by atoms with E-state index < -0.39 is 0 Å². The van der Waals surface area contributed by atoms with Gasteiger partial charge in [-0.1, -0.05) is 30.2 Å². The number of amides is 1. The van der Waals surface area contributed by atoms with E-state index >= 15 is 0 Å². The number of hydrogen-bond donors (Lipinski definition) is 2. The Morgan fingerprint density at radius 2 is 1.84 bits per heavy atom. The first-order chi connectivity index (χ1) is 18.5. The molecule has 2 fully saturated rings. The zero-order valence-electron chi connectivity index (χ0n) is 20.7. The van der Waals surface area contributed by atoms with E-state index in [9.17, 15) is 4.79 Å². The second-order valence-electron chi connectivity index (χ2n) is 10.4.